The molecule has 3 heterocycles. The van der Waals surface area contributed by atoms with Crippen LogP contribution in [0.15, 0.2) is 71.6 Å². The molecule has 10 heteroatoms. The van der Waals surface area contributed by atoms with Gasteiger partial charge in [-0.3, -0.25) is 14.7 Å². The van der Waals surface area contributed by atoms with E-state index in [1.165, 1.54) is 5.56 Å². The Labute approximate surface area is 230 Å². The number of aryl methyl sites for hydroxylation is 1. The maximum atomic E-state index is 13.1. The van der Waals surface area contributed by atoms with E-state index in [9.17, 15) is 4.79 Å². The van der Waals surface area contributed by atoms with Crippen molar-refractivity contribution >= 4 is 39.2 Å². The van der Waals surface area contributed by atoms with E-state index in [4.69, 9.17) is 0 Å². The summed E-state index contributed by atoms with van der Waals surface area (Å²) in [5.74, 6) is 0.181. The van der Waals surface area contributed by atoms with Crippen molar-refractivity contribution in [2.75, 3.05) is 43.9 Å². The molecule has 0 bridgehead atoms. The summed E-state index contributed by atoms with van der Waals surface area (Å²) in [5, 5.41) is 14.4. The van der Waals surface area contributed by atoms with Crippen molar-refractivity contribution in [2.24, 2.45) is 0 Å². The van der Waals surface area contributed by atoms with Crippen LogP contribution in [0.5, 0.6) is 0 Å². The zero-order valence-electron chi connectivity index (χ0n) is 21.4. The number of anilines is 3. The van der Waals surface area contributed by atoms with Crippen molar-refractivity contribution in [3.05, 3.63) is 88.3 Å². The van der Waals surface area contributed by atoms with E-state index in [0.717, 1.165) is 54.0 Å². The molecule has 1 saturated heterocycles. The fourth-order valence-corrected chi connectivity index (χ4v) is 4.74. The summed E-state index contributed by atoms with van der Waals surface area (Å²) in [7, 11) is 2.15. The fraction of sp³-hybridized carbons (Fsp3) is 0.250. The van der Waals surface area contributed by atoms with E-state index < -0.39 is 0 Å². The molecular formula is C28H29BrN8O. The number of amides is 1. The quantitative estimate of drug-likeness (QED) is 0.327. The van der Waals surface area contributed by atoms with Crippen molar-refractivity contribution in [1.82, 2.24) is 30.0 Å². The molecule has 2 N–H and O–H groups in total. The molecule has 5 rings (SSSR count). The van der Waals surface area contributed by atoms with Crippen LogP contribution < -0.4 is 10.6 Å². The summed E-state index contributed by atoms with van der Waals surface area (Å²) in [5.41, 5.74) is 5.70. The molecular weight excluding hydrogens is 544 g/mol. The molecule has 38 heavy (non-hydrogen) atoms. The molecule has 0 saturated carbocycles. The van der Waals surface area contributed by atoms with Gasteiger partial charge < -0.3 is 15.5 Å². The van der Waals surface area contributed by atoms with Crippen LogP contribution in [-0.2, 0) is 6.54 Å². The summed E-state index contributed by atoms with van der Waals surface area (Å²) in [6.07, 6.45) is 5.04. The lowest BCUT2D eigenvalue weighted by atomic mass is 10.1. The highest BCUT2D eigenvalue weighted by Gasteiger charge is 2.16. The molecule has 194 valence electrons. The highest BCUT2D eigenvalue weighted by molar-refractivity contribution is 9.10. The van der Waals surface area contributed by atoms with Gasteiger partial charge >= 0.3 is 0 Å². The standard InChI is InChI=1S/C28H29BrN8O/c1-19-5-8-23(15-25(19)33-28-34-26(17-31-35-28)21-4-3-9-30-16-21)32-27(38)20-6-7-22(24(29)14-20)18-37-12-10-36(2)11-13-37/h3-9,14-17H,10-13,18H2,1-2H3,(H,32,38)(H,33,34,35). The van der Waals surface area contributed by atoms with Crippen molar-refractivity contribution < 1.29 is 4.79 Å². The average molecular weight is 573 g/mol. The number of halogens is 1. The third kappa shape index (κ3) is 6.39. The maximum absolute atomic E-state index is 13.1. The third-order valence-electron chi connectivity index (χ3n) is 6.56. The number of piperazine rings is 1. The van der Waals surface area contributed by atoms with Gasteiger partial charge in [0.1, 0.15) is 0 Å². The smallest absolute Gasteiger partial charge is 0.255 e. The first-order valence-corrected chi connectivity index (χ1v) is 13.2. The lowest BCUT2D eigenvalue weighted by molar-refractivity contribution is 0.102. The zero-order valence-corrected chi connectivity index (χ0v) is 22.9. The third-order valence-corrected chi connectivity index (χ3v) is 7.30. The monoisotopic (exact) mass is 572 g/mol. The Morgan fingerprint density at radius 3 is 2.66 bits per heavy atom. The van der Waals surface area contributed by atoms with Crippen molar-refractivity contribution in [2.45, 2.75) is 13.5 Å². The van der Waals surface area contributed by atoms with Crippen LogP contribution in [0, 0.1) is 6.92 Å². The molecule has 0 aliphatic carbocycles. The van der Waals surface area contributed by atoms with Gasteiger partial charge in [0.15, 0.2) is 0 Å². The van der Waals surface area contributed by atoms with Gasteiger partial charge in [-0.15, -0.1) is 5.10 Å². The number of nitrogens with zero attached hydrogens (tertiary/aromatic N) is 6. The predicted octanol–water partition coefficient (Wildman–Crippen LogP) is 4.75. The average Bonchev–Trinajstić information content (AvgIpc) is 2.93. The Kier molecular flexibility index (Phi) is 8.02. The Balaban J connectivity index is 1.26. The molecule has 0 atom stereocenters. The van der Waals surface area contributed by atoms with Crippen LogP contribution in [0.4, 0.5) is 17.3 Å². The number of hydrogen-bond donors (Lipinski definition) is 2. The molecule has 0 radical (unpaired) electrons. The normalized spacial score (nSPS) is 14.3. The van der Waals surface area contributed by atoms with E-state index in [2.05, 4.69) is 63.6 Å². The first-order chi connectivity index (χ1) is 18.4. The maximum Gasteiger partial charge on any atom is 0.255 e. The molecule has 2 aromatic carbocycles. The van der Waals surface area contributed by atoms with Crippen molar-refractivity contribution in [1.29, 1.82) is 0 Å². The van der Waals surface area contributed by atoms with Gasteiger partial charge in [0.25, 0.3) is 5.91 Å². The van der Waals surface area contributed by atoms with Crippen LogP contribution in [-0.4, -0.2) is 69.1 Å². The topological polar surface area (TPSA) is 99.2 Å². The first kappa shape index (κ1) is 25.9. The molecule has 1 aliphatic heterocycles. The molecule has 9 nitrogen and oxygen atoms in total. The Hall–Kier alpha value is -3.73. The molecule has 1 fully saturated rings. The van der Waals surface area contributed by atoms with Gasteiger partial charge in [0.2, 0.25) is 5.95 Å². The predicted molar refractivity (Wildman–Crippen MR) is 152 cm³/mol. The van der Waals surface area contributed by atoms with Gasteiger partial charge in [-0.1, -0.05) is 28.1 Å². The molecule has 1 amide bonds. The fourth-order valence-electron chi connectivity index (χ4n) is 4.23. The van der Waals surface area contributed by atoms with Crippen molar-refractivity contribution in [3.63, 3.8) is 0 Å². The number of benzene rings is 2. The molecule has 2 aromatic heterocycles. The van der Waals surface area contributed by atoms with Crippen LogP contribution in [0.1, 0.15) is 21.5 Å². The first-order valence-electron chi connectivity index (χ1n) is 12.4. The van der Waals surface area contributed by atoms with E-state index in [1.54, 1.807) is 18.6 Å². The lowest BCUT2D eigenvalue weighted by Crippen LogP contribution is -2.43. The molecule has 0 spiro atoms. The van der Waals surface area contributed by atoms with Gasteiger partial charge in [0.05, 0.1) is 11.9 Å². The second-order valence-corrected chi connectivity index (χ2v) is 10.3. The SMILES string of the molecule is Cc1ccc(NC(=O)c2ccc(CN3CCN(C)CC3)c(Br)c2)cc1Nc1nncc(-c2cccnc2)n1. The lowest BCUT2D eigenvalue weighted by Gasteiger charge is -2.32. The Morgan fingerprint density at radius 1 is 1.05 bits per heavy atom. The van der Waals surface area contributed by atoms with Crippen LogP contribution in [0.25, 0.3) is 11.3 Å². The minimum absolute atomic E-state index is 0.178. The van der Waals surface area contributed by atoms with E-state index in [0.29, 0.717) is 22.9 Å². The number of carbonyl (C=O) groups is 1. The van der Waals surface area contributed by atoms with Gasteiger partial charge in [-0.05, 0) is 61.5 Å². The van der Waals surface area contributed by atoms with E-state index >= 15 is 0 Å². The second kappa shape index (κ2) is 11.8. The highest BCUT2D eigenvalue weighted by atomic mass is 79.9. The Bertz CT molecular complexity index is 1420. The number of hydrogen-bond acceptors (Lipinski definition) is 8. The zero-order chi connectivity index (χ0) is 26.5. The minimum atomic E-state index is -0.178. The van der Waals surface area contributed by atoms with Crippen LogP contribution >= 0.6 is 15.9 Å². The number of carbonyl (C=O) groups excluding carboxylic acids is 1. The van der Waals surface area contributed by atoms with Crippen LogP contribution in [0.3, 0.4) is 0 Å². The largest absolute Gasteiger partial charge is 0.323 e. The summed E-state index contributed by atoms with van der Waals surface area (Å²) in [6.45, 7) is 7.08. The number of likely N-dealkylation sites (N-methyl/N-ethyl adjacent to an activating group) is 1. The van der Waals surface area contributed by atoms with Gasteiger partial charge in [0, 0.05) is 72.1 Å². The summed E-state index contributed by atoms with van der Waals surface area (Å²) >= 11 is 3.67. The molecule has 0 unspecified atom stereocenters. The number of aromatic nitrogens is 4. The molecule has 1 aliphatic rings. The second-order valence-electron chi connectivity index (χ2n) is 9.40. The summed E-state index contributed by atoms with van der Waals surface area (Å²) in [4.78, 5) is 26.5. The van der Waals surface area contributed by atoms with E-state index in [-0.39, 0.29) is 5.91 Å². The number of nitrogens with one attached hydrogen (secondary N) is 2. The van der Waals surface area contributed by atoms with Gasteiger partial charge in [-0.25, -0.2) is 4.98 Å². The summed E-state index contributed by atoms with van der Waals surface area (Å²) < 4.78 is 0.938. The van der Waals surface area contributed by atoms with E-state index in [1.807, 2.05) is 55.5 Å². The minimum Gasteiger partial charge on any atom is -0.323 e. The van der Waals surface area contributed by atoms with Crippen LogP contribution in [0.2, 0.25) is 0 Å². The number of rotatable bonds is 7. The van der Waals surface area contributed by atoms with Gasteiger partial charge in [-0.2, -0.15) is 5.10 Å². The molecule has 4 aromatic rings. The number of pyridine rings is 1. The summed E-state index contributed by atoms with van der Waals surface area (Å²) in [6, 6.07) is 15.2. The highest BCUT2D eigenvalue weighted by Crippen LogP contribution is 2.25. The Morgan fingerprint density at radius 2 is 1.89 bits per heavy atom. The van der Waals surface area contributed by atoms with Crippen molar-refractivity contribution in [3.8, 4) is 11.3 Å².